The topological polar surface area (TPSA) is 75.4 Å². The molecular formula is C14H17N3O2S. The van der Waals surface area contributed by atoms with E-state index in [1.807, 2.05) is 11.4 Å². The minimum Gasteiger partial charge on any atom is -0.344 e. The summed E-state index contributed by atoms with van der Waals surface area (Å²) in [6, 6.07) is 1.59. The highest BCUT2D eigenvalue weighted by Crippen LogP contribution is 2.16. The van der Waals surface area contributed by atoms with Gasteiger partial charge in [0.05, 0.1) is 11.4 Å². The molecule has 2 heterocycles. The van der Waals surface area contributed by atoms with Crippen LogP contribution < -0.4 is 11.1 Å². The molecular weight excluding hydrogens is 274 g/mol. The minimum absolute atomic E-state index is 0.0448. The van der Waals surface area contributed by atoms with Crippen LogP contribution in [0.5, 0.6) is 0 Å². The predicted octanol–water partition coefficient (Wildman–Crippen LogP) is 0.295. The monoisotopic (exact) mass is 291 g/mol. The van der Waals surface area contributed by atoms with Gasteiger partial charge in [-0.1, -0.05) is 11.8 Å². The zero-order valence-corrected chi connectivity index (χ0v) is 12.1. The first-order chi connectivity index (χ1) is 9.60. The zero-order valence-electron chi connectivity index (χ0n) is 11.3. The standard InChI is InChI=1S/C14H17N3O2S/c1-17(14(19)12-4-5-13(18)16-12)8-10-7-11(20-9-10)3-2-6-15/h7,9,12H,4-6,8,15H2,1H3,(H,16,18). The van der Waals surface area contributed by atoms with Crippen molar-refractivity contribution in [2.45, 2.75) is 25.4 Å². The highest BCUT2D eigenvalue weighted by atomic mass is 32.1. The lowest BCUT2D eigenvalue weighted by Gasteiger charge is -2.20. The molecule has 1 aliphatic heterocycles. The van der Waals surface area contributed by atoms with E-state index in [0.717, 1.165) is 10.4 Å². The number of hydrogen-bond donors (Lipinski definition) is 2. The number of rotatable bonds is 3. The Morgan fingerprint density at radius 2 is 2.45 bits per heavy atom. The summed E-state index contributed by atoms with van der Waals surface area (Å²) in [6.45, 7) is 0.860. The second-order valence-electron chi connectivity index (χ2n) is 4.68. The summed E-state index contributed by atoms with van der Waals surface area (Å²) < 4.78 is 0. The van der Waals surface area contributed by atoms with Gasteiger partial charge in [-0.2, -0.15) is 0 Å². The molecule has 6 heteroatoms. The van der Waals surface area contributed by atoms with Gasteiger partial charge >= 0.3 is 0 Å². The Morgan fingerprint density at radius 1 is 1.65 bits per heavy atom. The van der Waals surface area contributed by atoms with Crippen LogP contribution in [0.3, 0.4) is 0 Å². The molecule has 5 nitrogen and oxygen atoms in total. The quantitative estimate of drug-likeness (QED) is 0.786. The fraction of sp³-hybridized carbons (Fsp3) is 0.429. The molecule has 1 atom stereocenters. The van der Waals surface area contributed by atoms with Crippen molar-refractivity contribution in [1.82, 2.24) is 10.2 Å². The maximum absolute atomic E-state index is 12.1. The molecule has 20 heavy (non-hydrogen) atoms. The maximum atomic E-state index is 12.1. The molecule has 0 saturated carbocycles. The second-order valence-corrected chi connectivity index (χ2v) is 5.59. The molecule has 0 spiro atoms. The highest BCUT2D eigenvalue weighted by molar-refractivity contribution is 7.10. The van der Waals surface area contributed by atoms with E-state index in [-0.39, 0.29) is 17.9 Å². The van der Waals surface area contributed by atoms with E-state index in [4.69, 9.17) is 5.73 Å². The molecule has 1 fully saturated rings. The van der Waals surface area contributed by atoms with Crippen LogP contribution in [0.2, 0.25) is 0 Å². The molecule has 0 radical (unpaired) electrons. The third kappa shape index (κ3) is 3.59. The first-order valence-electron chi connectivity index (χ1n) is 6.41. The Labute approximate surface area is 122 Å². The number of nitrogens with one attached hydrogen (secondary N) is 1. The molecule has 1 aromatic heterocycles. The van der Waals surface area contributed by atoms with Crippen LogP contribution in [0.25, 0.3) is 0 Å². The summed E-state index contributed by atoms with van der Waals surface area (Å²) in [5.41, 5.74) is 6.37. The van der Waals surface area contributed by atoms with Crippen molar-refractivity contribution < 1.29 is 9.59 Å². The molecule has 1 saturated heterocycles. The smallest absolute Gasteiger partial charge is 0.245 e. The van der Waals surface area contributed by atoms with Crippen LogP contribution >= 0.6 is 11.3 Å². The summed E-state index contributed by atoms with van der Waals surface area (Å²) in [5.74, 6) is 5.68. The first-order valence-corrected chi connectivity index (χ1v) is 7.29. The number of carbonyl (C=O) groups is 2. The van der Waals surface area contributed by atoms with Crippen LogP contribution in [0, 0.1) is 11.8 Å². The zero-order chi connectivity index (χ0) is 14.5. The molecule has 0 bridgehead atoms. The van der Waals surface area contributed by atoms with Crippen molar-refractivity contribution in [2.75, 3.05) is 13.6 Å². The Hall–Kier alpha value is -1.84. The number of nitrogens with two attached hydrogens (primary N) is 1. The fourth-order valence-electron chi connectivity index (χ4n) is 2.08. The van der Waals surface area contributed by atoms with Crippen molar-refractivity contribution in [2.24, 2.45) is 5.73 Å². The predicted molar refractivity (Wildman–Crippen MR) is 77.9 cm³/mol. The van der Waals surface area contributed by atoms with Crippen molar-refractivity contribution in [3.05, 3.63) is 21.9 Å². The average Bonchev–Trinajstić information content (AvgIpc) is 3.04. The van der Waals surface area contributed by atoms with Crippen LogP contribution in [0.15, 0.2) is 11.4 Å². The third-order valence-electron chi connectivity index (χ3n) is 3.06. The molecule has 2 rings (SSSR count). The third-order valence-corrected chi connectivity index (χ3v) is 3.95. The van der Waals surface area contributed by atoms with E-state index in [9.17, 15) is 9.59 Å². The molecule has 1 aliphatic rings. The van der Waals surface area contributed by atoms with Gasteiger partial charge in [0, 0.05) is 20.0 Å². The van der Waals surface area contributed by atoms with E-state index < -0.39 is 0 Å². The molecule has 0 aromatic carbocycles. The van der Waals surface area contributed by atoms with E-state index in [1.165, 1.54) is 11.3 Å². The van der Waals surface area contributed by atoms with E-state index >= 15 is 0 Å². The number of likely N-dealkylation sites (N-methyl/N-ethyl adjacent to an activating group) is 1. The molecule has 1 unspecified atom stereocenters. The number of hydrogen-bond acceptors (Lipinski definition) is 4. The molecule has 1 aromatic rings. The van der Waals surface area contributed by atoms with Crippen LogP contribution in [-0.4, -0.2) is 36.3 Å². The van der Waals surface area contributed by atoms with Gasteiger partial charge in [0.2, 0.25) is 11.8 Å². The Kier molecular flexibility index (Phi) is 4.77. The number of nitrogens with zero attached hydrogens (tertiary/aromatic N) is 1. The van der Waals surface area contributed by atoms with Gasteiger partial charge in [-0.3, -0.25) is 9.59 Å². The summed E-state index contributed by atoms with van der Waals surface area (Å²) in [6.07, 6.45) is 1.01. The van der Waals surface area contributed by atoms with Crippen LogP contribution in [0.1, 0.15) is 23.3 Å². The van der Waals surface area contributed by atoms with Crippen LogP contribution in [-0.2, 0) is 16.1 Å². The normalized spacial score (nSPS) is 17.3. The minimum atomic E-state index is -0.373. The van der Waals surface area contributed by atoms with E-state index in [1.54, 1.807) is 11.9 Å². The van der Waals surface area contributed by atoms with Gasteiger partial charge in [0.25, 0.3) is 0 Å². The Bertz CT molecular complexity index is 570. The van der Waals surface area contributed by atoms with Crippen molar-refractivity contribution >= 4 is 23.2 Å². The lowest BCUT2D eigenvalue weighted by Crippen LogP contribution is -2.42. The molecule has 2 amide bonds. The van der Waals surface area contributed by atoms with Gasteiger partial charge in [0.15, 0.2) is 0 Å². The Morgan fingerprint density at radius 3 is 3.10 bits per heavy atom. The van der Waals surface area contributed by atoms with Gasteiger partial charge < -0.3 is 16.0 Å². The van der Waals surface area contributed by atoms with Crippen LogP contribution in [0.4, 0.5) is 0 Å². The number of thiophene rings is 1. The number of amides is 2. The maximum Gasteiger partial charge on any atom is 0.245 e. The second kappa shape index (κ2) is 6.55. The van der Waals surface area contributed by atoms with Gasteiger partial charge in [-0.05, 0) is 23.4 Å². The van der Waals surface area contributed by atoms with Gasteiger partial charge in [-0.25, -0.2) is 0 Å². The van der Waals surface area contributed by atoms with Gasteiger partial charge in [-0.15, -0.1) is 11.3 Å². The van der Waals surface area contributed by atoms with E-state index in [2.05, 4.69) is 17.2 Å². The van der Waals surface area contributed by atoms with E-state index in [0.29, 0.717) is 25.9 Å². The first kappa shape index (κ1) is 14.6. The number of carbonyl (C=O) groups excluding carboxylic acids is 2. The lowest BCUT2D eigenvalue weighted by molar-refractivity contribution is -0.133. The molecule has 3 N–H and O–H groups in total. The lowest BCUT2D eigenvalue weighted by atomic mass is 10.2. The SMILES string of the molecule is CN(Cc1csc(C#CCN)c1)C(=O)C1CCC(=O)N1. The van der Waals surface area contributed by atoms with Gasteiger partial charge in [0.1, 0.15) is 6.04 Å². The summed E-state index contributed by atoms with van der Waals surface area (Å²) in [4.78, 5) is 25.9. The Balaban J connectivity index is 1.93. The molecule has 106 valence electrons. The largest absolute Gasteiger partial charge is 0.344 e. The summed E-state index contributed by atoms with van der Waals surface area (Å²) in [7, 11) is 1.75. The van der Waals surface area contributed by atoms with Crippen molar-refractivity contribution in [1.29, 1.82) is 0 Å². The van der Waals surface area contributed by atoms with Crippen molar-refractivity contribution in [3.8, 4) is 11.8 Å². The summed E-state index contributed by atoms with van der Waals surface area (Å²) in [5, 5.41) is 4.67. The average molecular weight is 291 g/mol. The molecule has 0 aliphatic carbocycles. The fourth-order valence-corrected chi connectivity index (χ4v) is 2.85. The summed E-state index contributed by atoms with van der Waals surface area (Å²) >= 11 is 1.54. The highest BCUT2D eigenvalue weighted by Gasteiger charge is 2.29. The van der Waals surface area contributed by atoms with Crippen molar-refractivity contribution in [3.63, 3.8) is 0 Å².